The molecule has 0 aliphatic heterocycles. The van der Waals surface area contributed by atoms with E-state index >= 15 is 0 Å². The first-order valence-corrected chi connectivity index (χ1v) is 6.23. The molecule has 94 valence electrons. The van der Waals surface area contributed by atoms with E-state index in [9.17, 15) is 0 Å². The van der Waals surface area contributed by atoms with Crippen LogP contribution in [0.3, 0.4) is 0 Å². The molecule has 0 fully saturated rings. The third-order valence-electron chi connectivity index (χ3n) is 2.77. The number of aliphatic hydroxyl groups is 1. The van der Waals surface area contributed by atoms with Crippen molar-refractivity contribution in [1.29, 1.82) is 0 Å². The lowest BCUT2D eigenvalue weighted by Crippen LogP contribution is -2.39. The van der Waals surface area contributed by atoms with Crippen LogP contribution < -0.4 is 10.6 Å². The second kappa shape index (κ2) is 6.57. The first-order chi connectivity index (χ1) is 8.08. The van der Waals surface area contributed by atoms with Gasteiger partial charge in [-0.15, -0.1) is 0 Å². The van der Waals surface area contributed by atoms with Crippen LogP contribution in [0, 0.1) is 13.8 Å². The highest BCUT2D eigenvalue weighted by Gasteiger charge is 2.08. The van der Waals surface area contributed by atoms with Gasteiger partial charge in [-0.3, -0.25) is 0 Å². The van der Waals surface area contributed by atoms with Crippen molar-refractivity contribution < 1.29 is 5.11 Å². The first kappa shape index (κ1) is 13.9. The topological polar surface area (TPSA) is 44.3 Å². The van der Waals surface area contributed by atoms with Gasteiger partial charge in [-0.2, -0.15) is 0 Å². The number of aliphatic hydroxyl groups excluding tert-OH is 1. The van der Waals surface area contributed by atoms with Crippen LogP contribution in [0.1, 0.15) is 24.5 Å². The number of aryl methyl sites for hydroxylation is 2. The van der Waals surface area contributed by atoms with E-state index in [1.165, 1.54) is 0 Å². The van der Waals surface area contributed by atoms with Gasteiger partial charge in [0.2, 0.25) is 0 Å². The van der Waals surface area contributed by atoms with Crippen molar-refractivity contribution in [1.82, 2.24) is 5.32 Å². The molecule has 0 aliphatic carbocycles. The van der Waals surface area contributed by atoms with Crippen LogP contribution in [0.2, 0.25) is 0 Å². The molecule has 0 saturated heterocycles. The predicted molar refractivity (Wildman–Crippen MR) is 76.4 cm³/mol. The van der Waals surface area contributed by atoms with Crippen molar-refractivity contribution in [2.45, 2.75) is 33.2 Å². The Morgan fingerprint density at radius 3 is 2.41 bits per heavy atom. The van der Waals surface area contributed by atoms with Crippen molar-refractivity contribution in [3.8, 4) is 0 Å². The van der Waals surface area contributed by atoms with Crippen LogP contribution in [0.15, 0.2) is 18.2 Å². The molecule has 0 saturated carbocycles. The molecule has 0 heterocycles. The molecule has 1 aromatic rings. The fraction of sp³-hybridized carbons (Fsp3) is 0.462. The lowest BCUT2D eigenvalue weighted by atomic mass is 10.1. The summed E-state index contributed by atoms with van der Waals surface area (Å²) in [4.78, 5) is 0. The quantitative estimate of drug-likeness (QED) is 0.720. The maximum Gasteiger partial charge on any atom is 0.171 e. The van der Waals surface area contributed by atoms with Gasteiger partial charge in [-0.1, -0.05) is 25.1 Å². The van der Waals surface area contributed by atoms with E-state index in [0.29, 0.717) is 5.11 Å². The number of nitrogens with one attached hydrogen (secondary N) is 2. The Labute approximate surface area is 108 Å². The van der Waals surface area contributed by atoms with Gasteiger partial charge < -0.3 is 15.7 Å². The highest BCUT2D eigenvalue weighted by Crippen LogP contribution is 2.19. The zero-order valence-corrected chi connectivity index (χ0v) is 11.4. The van der Waals surface area contributed by atoms with E-state index in [-0.39, 0.29) is 12.6 Å². The average Bonchev–Trinajstić information content (AvgIpc) is 2.31. The normalized spacial score (nSPS) is 12.0. The maximum atomic E-state index is 9.10. The summed E-state index contributed by atoms with van der Waals surface area (Å²) in [7, 11) is 0. The zero-order valence-electron chi connectivity index (χ0n) is 10.6. The minimum atomic E-state index is 0.0133. The number of rotatable bonds is 4. The summed E-state index contributed by atoms with van der Waals surface area (Å²) in [5, 5.41) is 15.9. The summed E-state index contributed by atoms with van der Waals surface area (Å²) < 4.78 is 0. The average molecular weight is 252 g/mol. The van der Waals surface area contributed by atoms with Crippen molar-refractivity contribution in [3.05, 3.63) is 29.3 Å². The van der Waals surface area contributed by atoms with Gasteiger partial charge in [0, 0.05) is 5.69 Å². The summed E-state index contributed by atoms with van der Waals surface area (Å²) in [6.07, 6.45) is 0.838. The Kier molecular flexibility index (Phi) is 5.38. The van der Waals surface area contributed by atoms with Crippen LogP contribution in [-0.4, -0.2) is 22.9 Å². The monoisotopic (exact) mass is 252 g/mol. The van der Waals surface area contributed by atoms with E-state index in [0.717, 1.165) is 23.2 Å². The summed E-state index contributed by atoms with van der Waals surface area (Å²) in [5.41, 5.74) is 3.36. The van der Waals surface area contributed by atoms with Crippen LogP contribution in [0.25, 0.3) is 0 Å². The largest absolute Gasteiger partial charge is 0.394 e. The molecular formula is C13H20N2OS. The lowest BCUT2D eigenvalue weighted by Gasteiger charge is -2.19. The minimum Gasteiger partial charge on any atom is -0.394 e. The molecule has 0 aromatic heterocycles. The van der Waals surface area contributed by atoms with Crippen molar-refractivity contribution in [2.24, 2.45) is 0 Å². The zero-order chi connectivity index (χ0) is 12.8. The first-order valence-electron chi connectivity index (χ1n) is 5.83. The lowest BCUT2D eigenvalue weighted by molar-refractivity contribution is 0.253. The van der Waals surface area contributed by atoms with Gasteiger partial charge in [0.15, 0.2) is 5.11 Å². The van der Waals surface area contributed by atoms with Gasteiger partial charge in [0.25, 0.3) is 0 Å². The molecule has 0 aliphatic rings. The van der Waals surface area contributed by atoms with Crippen molar-refractivity contribution >= 4 is 23.0 Å². The highest BCUT2D eigenvalue weighted by atomic mass is 32.1. The number of anilines is 1. The smallest absolute Gasteiger partial charge is 0.171 e. The second-order valence-electron chi connectivity index (χ2n) is 4.15. The highest BCUT2D eigenvalue weighted by molar-refractivity contribution is 7.80. The third-order valence-corrected chi connectivity index (χ3v) is 2.99. The second-order valence-corrected chi connectivity index (χ2v) is 4.56. The maximum absolute atomic E-state index is 9.10. The fourth-order valence-corrected chi connectivity index (χ4v) is 1.89. The SMILES string of the molecule is CC[C@@H](CO)NC(=S)Nc1c(C)cccc1C. The van der Waals surface area contributed by atoms with Gasteiger partial charge in [0.1, 0.15) is 0 Å². The fourth-order valence-electron chi connectivity index (χ4n) is 1.62. The predicted octanol–water partition coefficient (Wildman–Crippen LogP) is 2.36. The molecule has 1 atom stereocenters. The van der Waals surface area contributed by atoms with E-state index in [2.05, 4.69) is 10.6 Å². The number of benzene rings is 1. The molecule has 1 aromatic carbocycles. The third kappa shape index (κ3) is 3.98. The number of hydrogen-bond acceptors (Lipinski definition) is 2. The molecule has 0 bridgehead atoms. The molecule has 0 amide bonds. The van der Waals surface area contributed by atoms with E-state index in [4.69, 9.17) is 17.3 Å². The molecule has 17 heavy (non-hydrogen) atoms. The molecule has 0 unspecified atom stereocenters. The summed E-state index contributed by atoms with van der Waals surface area (Å²) in [6.45, 7) is 6.18. The number of para-hydroxylation sites is 1. The van der Waals surface area contributed by atoms with Crippen LogP contribution in [0.5, 0.6) is 0 Å². The minimum absolute atomic E-state index is 0.0133. The van der Waals surface area contributed by atoms with Crippen LogP contribution >= 0.6 is 12.2 Å². The molecule has 4 heteroatoms. The Morgan fingerprint density at radius 1 is 1.35 bits per heavy atom. The Balaban J connectivity index is 2.68. The van der Waals surface area contributed by atoms with Gasteiger partial charge >= 0.3 is 0 Å². The van der Waals surface area contributed by atoms with Gasteiger partial charge in [0.05, 0.1) is 12.6 Å². The van der Waals surface area contributed by atoms with Gasteiger partial charge in [-0.25, -0.2) is 0 Å². The Morgan fingerprint density at radius 2 is 1.94 bits per heavy atom. The van der Waals surface area contributed by atoms with E-state index < -0.39 is 0 Å². The summed E-state index contributed by atoms with van der Waals surface area (Å²) in [6, 6.07) is 6.12. The van der Waals surface area contributed by atoms with Crippen molar-refractivity contribution in [2.75, 3.05) is 11.9 Å². The summed E-state index contributed by atoms with van der Waals surface area (Å²) in [5.74, 6) is 0. The van der Waals surface area contributed by atoms with Gasteiger partial charge in [-0.05, 0) is 43.6 Å². The molecule has 0 radical (unpaired) electrons. The molecular weight excluding hydrogens is 232 g/mol. The Bertz CT molecular complexity index is 369. The number of hydrogen-bond donors (Lipinski definition) is 3. The molecule has 3 N–H and O–H groups in total. The van der Waals surface area contributed by atoms with Crippen LogP contribution in [0.4, 0.5) is 5.69 Å². The van der Waals surface area contributed by atoms with Crippen molar-refractivity contribution in [3.63, 3.8) is 0 Å². The Hall–Kier alpha value is -1.13. The molecule has 1 rings (SSSR count). The molecule has 3 nitrogen and oxygen atoms in total. The molecule has 0 spiro atoms. The van der Waals surface area contributed by atoms with E-state index in [1.54, 1.807) is 0 Å². The summed E-state index contributed by atoms with van der Waals surface area (Å²) >= 11 is 5.23. The standard InChI is InChI=1S/C13H20N2OS/c1-4-11(8-16)14-13(17)15-12-9(2)6-5-7-10(12)3/h5-7,11,16H,4,8H2,1-3H3,(H2,14,15,17)/t11-/m0/s1. The number of thiocarbonyl (C=S) groups is 1. The van der Waals surface area contributed by atoms with Crippen LogP contribution in [-0.2, 0) is 0 Å². The van der Waals surface area contributed by atoms with E-state index in [1.807, 2.05) is 39.0 Å².